The fourth-order valence-electron chi connectivity index (χ4n) is 2.99. The summed E-state index contributed by atoms with van der Waals surface area (Å²) in [5.74, 6) is -0.826. The molecule has 0 unspecified atom stereocenters. The van der Waals surface area contributed by atoms with E-state index in [4.69, 9.17) is 0 Å². The molecule has 28 heavy (non-hydrogen) atoms. The zero-order valence-corrected chi connectivity index (χ0v) is 15.7. The fraction of sp³-hybridized carbons (Fsp3) is 0.0435. The lowest BCUT2D eigenvalue weighted by Gasteiger charge is -2.12. The third-order valence-electron chi connectivity index (χ3n) is 4.48. The van der Waals surface area contributed by atoms with Crippen LogP contribution in [0.5, 0.6) is 0 Å². The molecule has 0 aliphatic carbocycles. The first kappa shape index (κ1) is 18.2. The van der Waals surface area contributed by atoms with Crippen LogP contribution in [0.25, 0.3) is 17.2 Å². The number of carbonyl (C=O) groups is 2. The van der Waals surface area contributed by atoms with Gasteiger partial charge in [-0.2, -0.15) is 0 Å². The van der Waals surface area contributed by atoms with Crippen LogP contribution in [0.3, 0.4) is 0 Å². The molecule has 3 aromatic carbocycles. The number of halogens is 1. The molecule has 3 aromatic rings. The van der Waals surface area contributed by atoms with Gasteiger partial charge in [-0.15, -0.1) is 0 Å². The van der Waals surface area contributed by atoms with Crippen molar-refractivity contribution in [3.8, 4) is 11.1 Å². The summed E-state index contributed by atoms with van der Waals surface area (Å²) < 4.78 is 13.8. The molecule has 0 bridgehead atoms. The Bertz CT molecular complexity index is 1060. The quantitative estimate of drug-likeness (QED) is 0.535. The average Bonchev–Trinajstić information content (AvgIpc) is 2.98. The van der Waals surface area contributed by atoms with Crippen LogP contribution in [-0.2, 0) is 11.3 Å². The Hall–Kier alpha value is -3.18. The molecular formula is C23H16FNO2S. The smallest absolute Gasteiger partial charge is 0.268 e. The molecule has 3 nitrogen and oxygen atoms in total. The molecule has 0 radical (unpaired) electrons. The standard InChI is InChI=1S/C23H16FNO2S/c24-20-9-5-4-8-19(20)15-25-22(26)21(28-23(25)27)14-16-10-12-18(13-11-16)17-6-2-1-3-7-17/h1-14H,15H2/b21-14-. The number of hydrogen-bond acceptors (Lipinski definition) is 3. The minimum Gasteiger partial charge on any atom is -0.268 e. The first-order valence-electron chi connectivity index (χ1n) is 8.76. The third kappa shape index (κ3) is 3.75. The molecular weight excluding hydrogens is 373 g/mol. The Morgan fingerprint density at radius 3 is 2.18 bits per heavy atom. The number of hydrogen-bond donors (Lipinski definition) is 0. The zero-order valence-electron chi connectivity index (χ0n) is 14.8. The van der Waals surface area contributed by atoms with Crippen LogP contribution in [0.4, 0.5) is 9.18 Å². The number of amides is 2. The van der Waals surface area contributed by atoms with Crippen molar-refractivity contribution < 1.29 is 14.0 Å². The third-order valence-corrected chi connectivity index (χ3v) is 5.38. The van der Waals surface area contributed by atoms with Gasteiger partial charge in [0.1, 0.15) is 5.82 Å². The van der Waals surface area contributed by atoms with Gasteiger partial charge in [-0.1, -0.05) is 72.8 Å². The minimum absolute atomic E-state index is 0.0678. The van der Waals surface area contributed by atoms with Crippen molar-refractivity contribution >= 4 is 29.0 Å². The van der Waals surface area contributed by atoms with Gasteiger partial charge in [-0.3, -0.25) is 14.5 Å². The molecule has 1 heterocycles. The van der Waals surface area contributed by atoms with Crippen LogP contribution in [0, 0.1) is 5.82 Å². The highest BCUT2D eigenvalue weighted by Gasteiger charge is 2.35. The zero-order chi connectivity index (χ0) is 19.5. The molecule has 1 fully saturated rings. The topological polar surface area (TPSA) is 37.4 Å². The second-order valence-corrected chi connectivity index (χ2v) is 7.34. The van der Waals surface area contributed by atoms with E-state index in [-0.39, 0.29) is 11.8 Å². The van der Waals surface area contributed by atoms with E-state index in [2.05, 4.69) is 0 Å². The van der Waals surface area contributed by atoms with Gasteiger partial charge < -0.3 is 0 Å². The lowest BCUT2D eigenvalue weighted by Crippen LogP contribution is -2.27. The first-order chi connectivity index (χ1) is 13.6. The maximum atomic E-state index is 13.8. The number of thioether (sulfide) groups is 1. The van der Waals surface area contributed by atoms with Gasteiger partial charge in [0.15, 0.2) is 0 Å². The molecule has 2 amide bonds. The molecule has 0 atom stereocenters. The molecule has 1 aliphatic rings. The number of benzene rings is 3. The predicted molar refractivity (Wildman–Crippen MR) is 110 cm³/mol. The summed E-state index contributed by atoms with van der Waals surface area (Å²) in [6.07, 6.45) is 1.70. The van der Waals surface area contributed by atoms with E-state index in [1.165, 1.54) is 6.07 Å². The number of nitrogens with zero attached hydrogens (tertiary/aromatic N) is 1. The first-order valence-corrected chi connectivity index (χ1v) is 9.58. The molecule has 1 saturated heterocycles. The Labute approximate surface area is 166 Å². The van der Waals surface area contributed by atoms with Crippen LogP contribution in [0.1, 0.15) is 11.1 Å². The fourth-order valence-corrected chi connectivity index (χ4v) is 3.83. The van der Waals surface area contributed by atoms with Crippen molar-refractivity contribution in [3.63, 3.8) is 0 Å². The largest absolute Gasteiger partial charge is 0.293 e. The highest BCUT2D eigenvalue weighted by atomic mass is 32.2. The summed E-state index contributed by atoms with van der Waals surface area (Å²) in [6, 6.07) is 23.9. The summed E-state index contributed by atoms with van der Waals surface area (Å²) >= 11 is 0.878. The average molecular weight is 389 g/mol. The van der Waals surface area contributed by atoms with E-state index in [1.807, 2.05) is 54.6 Å². The molecule has 0 N–H and O–H groups in total. The summed E-state index contributed by atoms with van der Waals surface area (Å²) in [6.45, 7) is -0.0678. The molecule has 0 saturated carbocycles. The minimum atomic E-state index is -0.429. The van der Waals surface area contributed by atoms with Crippen LogP contribution in [0.15, 0.2) is 83.8 Å². The van der Waals surface area contributed by atoms with E-state index in [0.717, 1.165) is 33.4 Å². The highest BCUT2D eigenvalue weighted by molar-refractivity contribution is 8.18. The van der Waals surface area contributed by atoms with Gasteiger partial charge in [-0.25, -0.2) is 4.39 Å². The van der Waals surface area contributed by atoms with E-state index in [1.54, 1.807) is 24.3 Å². The van der Waals surface area contributed by atoms with Crippen molar-refractivity contribution in [3.05, 3.63) is 101 Å². The normalized spacial score (nSPS) is 15.5. The monoisotopic (exact) mass is 389 g/mol. The van der Waals surface area contributed by atoms with E-state index in [9.17, 15) is 14.0 Å². The summed E-state index contributed by atoms with van der Waals surface area (Å²) in [5, 5.41) is -0.389. The highest BCUT2D eigenvalue weighted by Crippen LogP contribution is 2.33. The van der Waals surface area contributed by atoms with Gasteiger partial charge in [0.25, 0.3) is 11.1 Å². The van der Waals surface area contributed by atoms with Crippen LogP contribution in [-0.4, -0.2) is 16.0 Å². The lowest BCUT2D eigenvalue weighted by molar-refractivity contribution is -0.123. The van der Waals surface area contributed by atoms with Gasteiger partial charge in [0, 0.05) is 5.56 Å². The maximum absolute atomic E-state index is 13.8. The van der Waals surface area contributed by atoms with E-state index >= 15 is 0 Å². The van der Waals surface area contributed by atoms with Gasteiger partial charge in [-0.05, 0) is 40.6 Å². The Kier molecular flexibility index (Phi) is 5.08. The molecule has 1 aliphatic heterocycles. The number of imide groups is 1. The van der Waals surface area contributed by atoms with Crippen molar-refractivity contribution in [2.24, 2.45) is 0 Å². The SMILES string of the molecule is O=C1S/C(=C\c2ccc(-c3ccccc3)cc2)C(=O)N1Cc1ccccc1F. The van der Waals surface area contributed by atoms with Gasteiger partial charge >= 0.3 is 0 Å². The van der Waals surface area contributed by atoms with Crippen molar-refractivity contribution in [2.75, 3.05) is 0 Å². The van der Waals surface area contributed by atoms with Crippen LogP contribution < -0.4 is 0 Å². The summed E-state index contributed by atoms with van der Waals surface area (Å²) in [4.78, 5) is 26.3. The summed E-state index contributed by atoms with van der Waals surface area (Å²) in [5.41, 5.74) is 3.33. The molecule has 5 heteroatoms. The number of rotatable bonds is 4. The van der Waals surface area contributed by atoms with Crippen LogP contribution in [0.2, 0.25) is 0 Å². The molecule has 0 aromatic heterocycles. The number of carbonyl (C=O) groups excluding carboxylic acids is 2. The molecule has 138 valence electrons. The Morgan fingerprint density at radius 2 is 1.46 bits per heavy atom. The van der Waals surface area contributed by atoms with Gasteiger partial charge in [0.05, 0.1) is 11.4 Å². The predicted octanol–water partition coefficient (Wildman–Crippen LogP) is 5.73. The Balaban J connectivity index is 1.53. The lowest BCUT2D eigenvalue weighted by atomic mass is 10.0. The van der Waals surface area contributed by atoms with Crippen molar-refractivity contribution in [1.29, 1.82) is 0 Å². The second kappa shape index (κ2) is 7.82. The maximum Gasteiger partial charge on any atom is 0.293 e. The van der Waals surface area contributed by atoms with Gasteiger partial charge in [0.2, 0.25) is 0 Å². The Morgan fingerprint density at radius 1 is 0.821 bits per heavy atom. The summed E-state index contributed by atoms with van der Waals surface area (Å²) in [7, 11) is 0. The van der Waals surface area contributed by atoms with Crippen LogP contribution >= 0.6 is 11.8 Å². The van der Waals surface area contributed by atoms with Crippen molar-refractivity contribution in [2.45, 2.75) is 6.54 Å². The molecule has 4 rings (SSSR count). The molecule has 0 spiro atoms. The van der Waals surface area contributed by atoms with E-state index in [0.29, 0.717) is 10.5 Å². The second-order valence-electron chi connectivity index (χ2n) is 6.35. The van der Waals surface area contributed by atoms with Crippen molar-refractivity contribution in [1.82, 2.24) is 4.90 Å². The van der Waals surface area contributed by atoms with E-state index < -0.39 is 11.7 Å².